The molecule has 2 N–H and O–H groups in total. The summed E-state index contributed by atoms with van der Waals surface area (Å²) in [5.74, 6) is -0.146. The van der Waals surface area contributed by atoms with Gasteiger partial charge in [0.1, 0.15) is 5.82 Å². The molecule has 0 fully saturated rings. The van der Waals surface area contributed by atoms with Crippen LogP contribution < -0.4 is 5.73 Å². The van der Waals surface area contributed by atoms with Gasteiger partial charge in [-0.1, -0.05) is 11.6 Å². The predicted molar refractivity (Wildman–Crippen MR) is 87.9 cm³/mol. The van der Waals surface area contributed by atoms with Crippen LogP contribution >= 0.6 is 34.2 Å². The highest BCUT2D eigenvalue weighted by Crippen LogP contribution is 2.30. The molecule has 0 saturated heterocycles. The average Bonchev–Trinajstić information content (AvgIpc) is 2.75. The number of nitriles is 1. The maximum Gasteiger partial charge on any atom is 0.205 e. The Morgan fingerprint density at radius 1 is 1.33 bits per heavy atom. The number of nitrogen functional groups attached to an aromatic ring is 1. The molecule has 0 spiro atoms. The van der Waals surface area contributed by atoms with Crippen LogP contribution in [0.25, 0.3) is 16.7 Å². The maximum absolute atomic E-state index is 13.8. The molecule has 0 aliphatic rings. The van der Waals surface area contributed by atoms with Gasteiger partial charge in [-0.3, -0.25) is 4.57 Å². The Hall–Kier alpha value is -1.85. The molecule has 0 amide bonds. The predicted octanol–water partition coefficient (Wildman–Crippen LogP) is 3.88. The Bertz CT molecular complexity index is 913. The van der Waals surface area contributed by atoms with Crippen molar-refractivity contribution in [3.63, 3.8) is 0 Å². The number of aromatic nitrogens is 2. The van der Waals surface area contributed by atoms with Gasteiger partial charge in [-0.05, 0) is 46.9 Å². The normalized spacial score (nSPS) is 10.8. The van der Waals surface area contributed by atoms with Crippen molar-refractivity contribution in [1.29, 1.82) is 5.26 Å². The molecular formula is C14H7ClFIN4. The summed E-state index contributed by atoms with van der Waals surface area (Å²) in [5.41, 5.74) is 8.03. The largest absolute Gasteiger partial charge is 0.369 e. The molecule has 104 valence electrons. The molecule has 21 heavy (non-hydrogen) atoms. The minimum atomic E-state index is -0.353. The molecule has 4 nitrogen and oxygen atoms in total. The van der Waals surface area contributed by atoms with Gasteiger partial charge in [-0.25, -0.2) is 9.37 Å². The summed E-state index contributed by atoms with van der Waals surface area (Å²) in [6.07, 6.45) is 0. The first kappa shape index (κ1) is 14.1. The smallest absolute Gasteiger partial charge is 0.205 e. The summed E-state index contributed by atoms with van der Waals surface area (Å²) in [4.78, 5) is 4.22. The highest BCUT2D eigenvalue weighted by molar-refractivity contribution is 14.1. The maximum atomic E-state index is 13.8. The minimum absolute atomic E-state index is 0.206. The average molecular weight is 413 g/mol. The van der Waals surface area contributed by atoms with Crippen molar-refractivity contribution in [3.8, 4) is 11.8 Å². The standard InChI is InChI=1S/C14H7ClFIN4/c15-8-3-7(6-18)1-2-12(8)21-13-4-9(16)10(17)5-11(13)20-14(21)19/h1-5H,(H2,19,20). The van der Waals surface area contributed by atoms with Crippen LogP contribution in [0, 0.1) is 20.7 Å². The van der Waals surface area contributed by atoms with Gasteiger partial charge in [0.05, 0.1) is 36.9 Å². The topological polar surface area (TPSA) is 67.6 Å². The van der Waals surface area contributed by atoms with Gasteiger partial charge < -0.3 is 5.73 Å². The Balaban J connectivity index is 2.32. The van der Waals surface area contributed by atoms with Crippen LogP contribution in [0.1, 0.15) is 5.56 Å². The molecule has 0 aliphatic carbocycles. The van der Waals surface area contributed by atoms with Crippen molar-refractivity contribution < 1.29 is 4.39 Å². The second-order valence-electron chi connectivity index (χ2n) is 4.34. The van der Waals surface area contributed by atoms with E-state index in [4.69, 9.17) is 22.6 Å². The van der Waals surface area contributed by atoms with E-state index in [1.165, 1.54) is 12.1 Å². The first-order valence-corrected chi connectivity index (χ1v) is 7.30. The fourth-order valence-electron chi connectivity index (χ4n) is 2.10. The Morgan fingerprint density at radius 3 is 2.76 bits per heavy atom. The minimum Gasteiger partial charge on any atom is -0.369 e. The van der Waals surface area contributed by atoms with E-state index in [1.54, 1.807) is 22.8 Å². The van der Waals surface area contributed by atoms with E-state index in [1.807, 2.05) is 28.7 Å². The summed E-state index contributed by atoms with van der Waals surface area (Å²) in [6, 6.07) is 9.81. The van der Waals surface area contributed by atoms with Crippen LogP contribution in [0.5, 0.6) is 0 Å². The van der Waals surface area contributed by atoms with E-state index in [9.17, 15) is 4.39 Å². The van der Waals surface area contributed by atoms with E-state index >= 15 is 0 Å². The Morgan fingerprint density at radius 2 is 2.10 bits per heavy atom. The number of nitrogens with two attached hydrogens (primary N) is 1. The number of halogens is 3. The fraction of sp³-hybridized carbons (Fsp3) is 0. The number of rotatable bonds is 1. The molecule has 1 heterocycles. The van der Waals surface area contributed by atoms with Gasteiger partial charge in [0.15, 0.2) is 0 Å². The van der Waals surface area contributed by atoms with E-state index < -0.39 is 0 Å². The number of hydrogen-bond donors (Lipinski definition) is 1. The fourth-order valence-corrected chi connectivity index (χ4v) is 2.82. The highest BCUT2D eigenvalue weighted by atomic mass is 127. The van der Waals surface area contributed by atoms with Gasteiger partial charge >= 0.3 is 0 Å². The van der Waals surface area contributed by atoms with Crippen LogP contribution in [0.3, 0.4) is 0 Å². The second-order valence-corrected chi connectivity index (χ2v) is 5.91. The lowest BCUT2D eigenvalue weighted by molar-refractivity contribution is 0.622. The van der Waals surface area contributed by atoms with Gasteiger partial charge in [-0.2, -0.15) is 5.26 Å². The Kier molecular flexibility index (Phi) is 3.47. The first-order chi connectivity index (χ1) is 10.0. The third-order valence-electron chi connectivity index (χ3n) is 3.04. The lowest BCUT2D eigenvalue weighted by Gasteiger charge is -2.09. The lowest BCUT2D eigenvalue weighted by Crippen LogP contribution is -2.01. The number of hydrogen-bond acceptors (Lipinski definition) is 3. The Labute approximate surface area is 138 Å². The molecule has 0 saturated carbocycles. The van der Waals surface area contributed by atoms with E-state index in [0.29, 0.717) is 30.9 Å². The van der Waals surface area contributed by atoms with Crippen LogP contribution in [-0.2, 0) is 0 Å². The summed E-state index contributed by atoms with van der Waals surface area (Å²) in [6.45, 7) is 0. The first-order valence-electron chi connectivity index (χ1n) is 5.84. The van der Waals surface area contributed by atoms with E-state index in [0.717, 1.165) is 0 Å². The van der Waals surface area contributed by atoms with Gasteiger partial charge in [0.2, 0.25) is 5.95 Å². The van der Waals surface area contributed by atoms with Crippen molar-refractivity contribution in [3.05, 3.63) is 50.3 Å². The molecule has 7 heteroatoms. The molecule has 0 aliphatic heterocycles. The third kappa shape index (κ3) is 2.32. The van der Waals surface area contributed by atoms with Gasteiger partial charge in [0.25, 0.3) is 0 Å². The third-order valence-corrected chi connectivity index (χ3v) is 4.17. The molecule has 1 aromatic heterocycles. The second kappa shape index (κ2) is 5.16. The number of nitrogens with zero attached hydrogens (tertiary/aromatic N) is 3. The molecule has 2 aromatic carbocycles. The molecule has 0 radical (unpaired) electrons. The molecular weight excluding hydrogens is 406 g/mol. The van der Waals surface area contributed by atoms with Crippen molar-refractivity contribution in [2.45, 2.75) is 0 Å². The molecule has 3 rings (SSSR count). The summed E-state index contributed by atoms with van der Waals surface area (Å²) in [7, 11) is 0. The number of anilines is 1. The molecule has 0 bridgehead atoms. The van der Waals surface area contributed by atoms with Crippen molar-refractivity contribution in [2.75, 3.05) is 5.73 Å². The number of imidazole rings is 1. The zero-order chi connectivity index (χ0) is 15.1. The van der Waals surface area contributed by atoms with E-state index in [-0.39, 0.29) is 11.8 Å². The quantitative estimate of drug-likeness (QED) is 0.617. The van der Waals surface area contributed by atoms with Gasteiger partial charge in [0, 0.05) is 6.07 Å². The summed E-state index contributed by atoms with van der Waals surface area (Å²) in [5, 5.41) is 9.22. The summed E-state index contributed by atoms with van der Waals surface area (Å²) < 4.78 is 15.8. The van der Waals surface area contributed by atoms with Crippen LogP contribution in [0.2, 0.25) is 5.02 Å². The lowest BCUT2D eigenvalue weighted by atomic mass is 10.2. The SMILES string of the molecule is N#Cc1ccc(-n2c(N)nc3cc(I)c(F)cc32)c(Cl)c1. The van der Waals surface area contributed by atoms with E-state index in [2.05, 4.69) is 4.98 Å². The zero-order valence-electron chi connectivity index (χ0n) is 10.4. The molecule has 3 aromatic rings. The zero-order valence-corrected chi connectivity index (χ0v) is 13.4. The van der Waals surface area contributed by atoms with Crippen LogP contribution in [0.4, 0.5) is 10.3 Å². The highest BCUT2D eigenvalue weighted by Gasteiger charge is 2.15. The van der Waals surface area contributed by atoms with Crippen molar-refractivity contribution >= 4 is 51.2 Å². The molecule has 0 atom stereocenters. The van der Waals surface area contributed by atoms with Crippen molar-refractivity contribution in [1.82, 2.24) is 9.55 Å². The number of benzene rings is 2. The van der Waals surface area contributed by atoms with Crippen LogP contribution in [0.15, 0.2) is 30.3 Å². The van der Waals surface area contributed by atoms with Gasteiger partial charge in [-0.15, -0.1) is 0 Å². The summed E-state index contributed by atoms with van der Waals surface area (Å²) >= 11 is 8.09. The van der Waals surface area contributed by atoms with Crippen molar-refractivity contribution in [2.24, 2.45) is 0 Å². The van der Waals surface area contributed by atoms with Crippen LogP contribution in [-0.4, -0.2) is 9.55 Å². The number of fused-ring (bicyclic) bond motifs is 1. The molecule has 0 unspecified atom stereocenters. The monoisotopic (exact) mass is 412 g/mol.